The lowest BCUT2D eigenvalue weighted by molar-refractivity contribution is 0.488. The Bertz CT molecular complexity index is 452. The van der Waals surface area contributed by atoms with Crippen LogP contribution in [0.25, 0.3) is 11.1 Å². The lowest BCUT2D eigenvalue weighted by Gasteiger charge is -1.99. The molecule has 14 heavy (non-hydrogen) atoms. The van der Waals surface area contributed by atoms with Crippen LogP contribution >= 0.6 is 0 Å². The van der Waals surface area contributed by atoms with Gasteiger partial charge < -0.3 is 10.2 Å². The van der Waals surface area contributed by atoms with E-state index in [2.05, 4.69) is 4.98 Å². The van der Waals surface area contributed by atoms with Crippen LogP contribution < -0.4 is 5.73 Å². The van der Waals surface area contributed by atoms with E-state index in [9.17, 15) is 4.39 Å². The van der Waals surface area contributed by atoms with Gasteiger partial charge in [0.2, 0.25) is 0 Å². The van der Waals surface area contributed by atoms with Crippen molar-refractivity contribution >= 4 is 11.1 Å². The number of oxazole rings is 1. The summed E-state index contributed by atoms with van der Waals surface area (Å²) in [6.07, 6.45) is 0. The number of halogens is 1. The highest BCUT2D eigenvalue weighted by molar-refractivity contribution is 5.72. The van der Waals surface area contributed by atoms with E-state index in [1.165, 1.54) is 12.1 Å². The highest BCUT2D eigenvalue weighted by Crippen LogP contribution is 2.21. The molecular formula is C10H11FN2O. The van der Waals surface area contributed by atoms with Crippen LogP contribution in [0, 0.1) is 5.82 Å². The van der Waals surface area contributed by atoms with Crippen molar-refractivity contribution in [1.29, 1.82) is 0 Å². The van der Waals surface area contributed by atoms with E-state index in [-0.39, 0.29) is 11.7 Å². The van der Waals surface area contributed by atoms with Gasteiger partial charge in [-0.1, -0.05) is 6.92 Å². The first-order valence-electron chi connectivity index (χ1n) is 4.46. The first-order valence-corrected chi connectivity index (χ1v) is 4.46. The molecule has 1 heterocycles. The Morgan fingerprint density at radius 1 is 1.57 bits per heavy atom. The first-order chi connectivity index (χ1) is 6.70. The normalized spacial score (nSPS) is 13.4. The molecule has 4 heteroatoms. The maximum Gasteiger partial charge on any atom is 0.199 e. The minimum absolute atomic E-state index is 0.0606. The summed E-state index contributed by atoms with van der Waals surface area (Å²) in [4.78, 5) is 4.21. The second-order valence-electron chi connectivity index (χ2n) is 3.30. The van der Waals surface area contributed by atoms with Crippen LogP contribution in [0.1, 0.15) is 18.7 Å². The molecule has 1 aromatic carbocycles. The molecule has 2 aromatic rings. The van der Waals surface area contributed by atoms with Gasteiger partial charge in [-0.15, -0.1) is 0 Å². The summed E-state index contributed by atoms with van der Waals surface area (Å²) in [7, 11) is 0. The Morgan fingerprint density at radius 2 is 2.36 bits per heavy atom. The quantitative estimate of drug-likeness (QED) is 0.795. The minimum atomic E-state index is -0.319. The van der Waals surface area contributed by atoms with Gasteiger partial charge in [-0.05, 0) is 12.1 Å². The number of aromatic nitrogens is 1. The van der Waals surface area contributed by atoms with Gasteiger partial charge in [0.05, 0.1) is 0 Å². The zero-order valence-electron chi connectivity index (χ0n) is 7.83. The van der Waals surface area contributed by atoms with Crippen LogP contribution in [0.2, 0.25) is 0 Å². The molecule has 0 radical (unpaired) electrons. The number of nitrogens with zero attached hydrogens (tertiary/aromatic N) is 1. The van der Waals surface area contributed by atoms with Gasteiger partial charge in [0.1, 0.15) is 11.3 Å². The van der Waals surface area contributed by atoms with Crippen LogP contribution in [0.15, 0.2) is 22.6 Å². The standard InChI is InChI=1S/C10H11FN2O/c1-6(5-12)10-13-8-3-2-7(11)4-9(8)14-10/h2-4,6H,5,12H2,1H3. The van der Waals surface area contributed by atoms with Crippen LogP contribution in [0.5, 0.6) is 0 Å². The number of nitrogens with two attached hydrogens (primary N) is 1. The van der Waals surface area contributed by atoms with E-state index in [1.54, 1.807) is 6.07 Å². The van der Waals surface area contributed by atoms with Crippen LogP contribution in [0.3, 0.4) is 0 Å². The van der Waals surface area contributed by atoms with E-state index in [0.717, 1.165) is 0 Å². The third-order valence-electron chi connectivity index (χ3n) is 2.14. The lowest BCUT2D eigenvalue weighted by Crippen LogP contribution is -2.08. The van der Waals surface area contributed by atoms with E-state index in [0.29, 0.717) is 23.5 Å². The van der Waals surface area contributed by atoms with Crippen LogP contribution in [-0.2, 0) is 0 Å². The molecule has 2 N–H and O–H groups in total. The van der Waals surface area contributed by atoms with Crippen molar-refractivity contribution in [1.82, 2.24) is 4.98 Å². The molecule has 1 unspecified atom stereocenters. The Hall–Kier alpha value is -1.42. The predicted octanol–water partition coefficient (Wildman–Crippen LogP) is 2.03. The van der Waals surface area contributed by atoms with E-state index >= 15 is 0 Å². The fourth-order valence-corrected chi connectivity index (χ4v) is 1.23. The summed E-state index contributed by atoms with van der Waals surface area (Å²) in [6.45, 7) is 2.39. The van der Waals surface area contributed by atoms with Crippen molar-refractivity contribution in [2.75, 3.05) is 6.54 Å². The molecular weight excluding hydrogens is 183 g/mol. The predicted molar refractivity (Wildman–Crippen MR) is 51.4 cm³/mol. The third-order valence-corrected chi connectivity index (χ3v) is 2.14. The molecule has 0 aliphatic carbocycles. The number of rotatable bonds is 2. The second-order valence-corrected chi connectivity index (χ2v) is 3.30. The molecule has 0 aliphatic heterocycles. The molecule has 0 bridgehead atoms. The summed E-state index contributed by atoms with van der Waals surface area (Å²) < 4.78 is 18.2. The molecule has 3 nitrogen and oxygen atoms in total. The van der Waals surface area contributed by atoms with E-state index in [4.69, 9.17) is 10.2 Å². The van der Waals surface area contributed by atoms with Gasteiger partial charge in [0.15, 0.2) is 11.5 Å². The molecule has 74 valence electrons. The monoisotopic (exact) mass is 194 g/mol. The fraction of sp³-hybridized carbons (Fsp3) is 0.300. The Labute approximate surface area is 80.7 Å². The summed E-state index contributed by atoms with van der Waals surface area (Å²) in [5.74, 6) is 0.305. The van der Waals surface area contributed by atoms with Crippen molar-refractivity contribution in [2.24, 2.45) is 5.73 Å². The molecule has 2 rings (SSSR count). The highest BCUT2D eigenvalue weighted by Gasteiger charge is 2.11. The van der Waals surface area contributed by atoms with Crippen LogP contribution in [-0.4, -0.2) is 11.5 Å². The van der Waals surface area contributed by atoms with Crippen molar-refractivity contribution in [3.8, 4) is 0 Å². The van der Waals surface area contributed by atoms with Crippen molar-refractivity contribution in [3.05, 3.63) is 29.9 Å². The molecule has 0 spiro atoms. The highest BCUT2D eigenvalue weighted by atomic mass is 19.1. The Balaban J connectivity index is 2.51. The summed E-state index contributed by atoms with van der Waals surface area (Å²) in [6, 6.07) is 4.29. The Morgan fingerprint density at radius 3 is 3.07 bits per heavy atom. The van der Waals surface area contributed by atoms with Gasteiger partial charge in [0, 0.05) is 18.5 Å². The topological polar surface area (TPSA) is 52.0 Å². The van der Waals surface area contributed by atoms with Gasteiger partial charge in [-0.25, -0.2) is 9.37 Å². The number of hydrogen-bond donors (Lipinski definition) is 1. The van der Waals surface area contributed by atoms with Crippen LogP contribution in [0.4, 0.5) is 4.39 Å². The fourth-order valence-electron chi connectivity index (χ4n) is 1.23. The van der Waals surface area contributed by atoms with Gasteiger partial charge in [0.25, 0.3) is 0 Å². The summed E-state index contributed by atoms with van der Waals surface area (Å²) >= 11 is 0. The molecule has 0 aliphatic rings. The molecule has 0 amide bonds. The zero-order chi connectivity index (χ0) is 10.1. The summed E-state index contributed by atoms with van der Waals surface area (Å²) in [5, 5.41) is 0. The zero-order valence-corrected chi connectivity index (χ0v) is 7.83. The number of hydrogen-bond acceptors (Lipinski definition) is 3. The van der Waals surface area contributed by atoms with Crippen molar-refractivity contribution in [3.63, 3.8) is 0 Å². The number of benzene rings is 1. The van der Waals surface area contributed by atoms with Gasteiger partial charge in [-0.2, -0.15) is 0 Å². The average Bonchev–Trinajstić information content (AvgIpc) is 2.59. The largest absolute Gasteiger partial charge is 0.440 e. The minimum Gasteiger partial charge on any atom is -0.440 e. The molecule has 1 atom stereocenters. The van der Waals surface area contributed by atoms with Gasteiger partial charge in [-0.3, -0.25) is 0 Å². The second kappa shape index (κ2) is 3.38. The molecule has 1 aromatic heterocycles. The summed E-state index contributed by atoms with van der Waals surface area (Å²) in [5.41, 5.74) is 6.62. The maximum absolute atomic E-state index is 12.8. The maximum atomic E-state index is 12.8. The number of fused-ring (bicyclic) bond motifs is 1. The molecule has 0 fully saturated rings. The van der Waals surface area contributed by atoms with Crippen molar-refractivity contribution < 1.29 is 8.81 Å². The third kappa shape index (κ3) is 1.48. The Kier molecular flexibility index (Phi) is 2.21. The smallest absolute Gasteiger partial charge is 0.199 e. The lowest BCUT2D eigenvalue weighted by atomic mass is 10.2. The first kappa shape index (κ1) is 9.15. The van der Waals surface area contributed by atoms with E-state index in [1.807, 2.05) is 6.92 Å². The van der Waals surface area contributed by atoms with Crippen molar-refractivity contribution in [2.45, 2.75) is 12.8 Å². The van der Waals surface area contributed by atoms with Gasteiger partial charge >= 0.3 is 0 Å². The average molecular weight is 194 g/mol. The van der Waals surface area contributed by atoms with E-state index < -0.39 is 0 Å². The molecule has 0 saturated carbocycles. The molecule has 0 saturated heterocycles. The SMILES string of the molecule is CC(CN)c1nc2ccc(F)cc2o1.